The van der Waals surface area contributed by atoms with E-state index < -0.39 is 0 Å². The Hall–Kier alpha value is -2.22. The van der Waals surface area contributed by atoms with Gasteiger partial charge < -0.3 is 14.3 Å². The van der Waals surface area contributed by atoms with Crippen molar-refractivity contribution in [1.82, 2.24) is 15.0 Å². The molecule has 2 aliphatic heterocycles. The van der Waals surface area contributed by atoms with Crippen LogP contribution in [0, 0.1) is 12.8 Å². The zero-order valence-electron chi connectivity index (χ0n) is 14.4. The number of nitrogens with zero attached hydrogens (tertiary/aromatic N) is 4. The first-order valence-electron chi connectivity index (χ1n) is 8.69. The molecule has 2 unspecified atom stereocenters. The van der Waals surface area contributed by atoms with Crippen molar-refractivity contribution in [2.24, 2.45) is 5.92 Å². The van der Waals surface area contributed by atoms with E-state index in [9.17, 15) is 9.59 Å². The van der Waals surface area contributed by atoms with E-state index >= 15 is 0 Å². The average Bonchev–Trinajstić information content (AvgIpc) is 3.33. The van der Waals surface area contributed by atoms with Crippen LogP contribution < -0.4 is 4.90 Å². The number of carbonyl (C=O) groups is 2. The summed E-state index contributed by atoms with van der Waals surface area (Å²) in [7, 11) is 0. The van der Waals surface area contributed by atoms with Gasteiger partial charge in [0.25, 0.3) is 0 Å². The number of carbonyl (C=O) groups excluding carboxylic acids is 2. The van der Waals surface area contributed by atoms with E-state index in [0.29, 0.717) is 24.8 Å². The zero-order valence-corrected chi connectivity index (χ0v) is 16.0. The molecule has 3 heterocycles. The number of aryl methyl sites for hydroxylation is 1. The summed E-state index contributed by atoms with van der Waals surface area (Å²) in [5.41, 5.74) is 0.810. The van der Waals surface area contributed by atoms with Crippen LogP contribution in [0.1, 0.15) is 37.0 Å². The lowest BCUT2D eigenvalue weighted by atomic mass is 10.1. The summed E-state index contributed by atoms with van der Waals surface area (Å²) in [5.74, 6) is 0.684. The number of benzene rings is 1. The van der Waals surface area contributed by atoms with Gasteiger partial charge >= 0.3 is 0 Å². The number of anilines is 1. The molecule has 8 heteroatoms. The Labute approximate surface area is 159 Å². The normalized spacial score (nSPS) is 23.1. The molecule has 2 aliphatic rings. The smallest absolute Gasteiger partial charge is 0.249 e. The van der Waals surface area contributed by atoms with Crippen molar-refractivity contribution in [3.05, 3.63) is 40.5 Å². The molecule has 2 fully saturated rings. The first-order valence-corrected chi connectivity index (χ1v) is 9.49. The van der Waals surface area contributed by atoms with Gasteiger partial charge in [-0.3, -0.25) is 9.59 Å². The third kappa shape index (κ3) is 3.13. The van der Waals surface area contributed by atoms with Crippen LogP contribution in [0.15, 0.2) is 33.3 Å². The molecule has 1 aromatic carbocycles. The summed E-state index contributed by atoms with van der Waals surface area (Å²) < 4.78 is 6.18. The van der Waals surface area contributed by atoms with Crippen LogP contribution in [0.2, 0.25) is 0 Å². The van der Waals surface area contributed by atoms with Crippen molar-refractivity contribution in [3.63, 3.8) is 0 Å². The third-order valence-corrected chi connectivity index (χ3v) is 5.45. The van der Waals surface area contributed by atoms with Gasteiger partial charge in [0.15, 0.2) is 5.82 Å². The average molecular weight is 419 g/mol. The molecular weight excluding hydrogens is 400 g/mol. The predicted octanol–water partition coefficient (Wildman–Crippen LogP) is 2.86. The Kier molecular flexibility index (Phi) is 4.52. The fraction of sp³-hybridized carbons (Fsp3) is 0.444. The molecule has 2 amide bonds. The van der Waals surface area contributed by atoms with Gasteiger partial charge in [0, 0.05) is 29.7 Å². The SMILES string of the molecule is Cc1noc(C2CCCN2C(=O)C2CC(=O)N(c3cccc(Br)c3)C2)n1. The van der Waals surface area contributed by atoms with Gasteiger partial charge in [-0.15, -0.1) is 0 Å². The summed E-state index contributed by atoms with van der Waals surface area (Å²) in [5, 5.41) is 3.83. The predicted molar refractivity (Wildman–Crippen MR) is 97.3 cm³/mol. The van der Waals surface area contributed by atoms with Crippen LogP contribution in [-0.4, -0.2) is 39.9 Å². The van der Waals surface area contributed by atoms with Crippen molar-refractivity contribution in [1.29, 1.82) is 0 Å². The molecule has 2 atom stereocenters. The summed E-state index contributed by atoms with van der Waals surface area (Å²) in [6.07, 6.45) is 1.94. The van der Waals surface area contributed by atoms with Gasteiger partial charge in [-0.1, -0.05) is 27.2 Å². The lowest BCUT2D eigenvalue weighted by Crippen LogP contribution is -2.37. The molecular formula is C18H19BrN4O3. The van der Waals surface area contributed by atoms with Gasteiger partial charge in [-0.25, -0.2) is 0 Å². The van der Waals surface area contributed by atoms with Crippen molar-refractivity contribution < 1.29 is 14.1 Å². The molecule has 0 spiro atoms. The van der Waals surface area contributed by atoms with Crippen LogP contribution in [-0.2, 0) is 9.59 Å². The van der Waals surface area contributed by atoms with Crippen molar-refractivity contribution in [3.8, 4) is 0 Å². The highest BCUT2D eigenvalue weighted by Gasteiger charge is 2.42. The van der Waals surface area contributed by atoms with Crippen LogP contribution >= 0.6 is 15.9 Å². The molecule has 0 bridgehead atoms. The van der Waals surface area contributed by atoms with Gasteiger partial charge in [0.1, 0.15) is 6.04 Å². The van der Waals surface area contributed by atoms with Gasteiger partial charge in [-0.2, -0.15) is 4.98 Å². The number of halogens is 1. The van der Waals surface area contributed by atoms with Crippen molar-refractivity contribution >= 4 is 33.4 Å². The molecule has 2 aromatic rings. The van der Waals surface area contributed by atoms with Crippen LogP contribution in [0.4, 0.5) is 5.69 Å². The molecule has 0 N–H and O–H groups in total. The maximum absolute atomic E-state index is 13.1. The van der Waals surface area contributed by atoms with E-state index in [0.717, 1.165) is 23.0 Å². The highest BCUT2D eigenvalue weighted by atomic mass is 79.9. The second kappa shape index (κ2) is 6.83. The Bertz CT molecular complexity index is 852. The lowest BCUT2D eigenvalue weighted by Gasteiger charge is -2.25. The molecule has 7 nitrogen and oxygen atoms in total. The standard InChI is InChI=1S/C18H19BrN4O3/c1-11-20-17(26-21-11)15-6-3-7-22(15)18(25)12-8-16(24)23(10-12)14-5-2-4-13(19)9-14/h2,4-5,9,12,15H,3,6-8,10H2,1H3. The minimum Gasteiger partial charge on any atom is -0.337 e. The number of hydrogen-bond acceptors (Lipinski definition) is 5. The summed E-state index contributed by atoms with van der Waals surface area (Å²) in [4.78, 5) is 33.3. The molecule has 4 rings (SSSR count). The second-order valence-electron chi connectivity index (χ2n) is 6.75. The fourth-order valence-electron chi connectivity index (χ4n) is 3.74. The quantitative estimate of drug-likeness (QED) is 0.765. The summed E-state index contributed by atoms with van der Waals surface area (Å²) in [6.45, 7) is 2.83. The monoisotopic (exact) mass is 418 g/mol. The number of amides is 2. The molecule has 0 radical (unpaired) electrons. The maximum Gasteiger partial charge on any atom is 0.249 e. The number of hydrogen-bond donors (Lipinski definition) is 0. The minimum atomic E-state index is -0.342. The molecule has 1 aromatic heterocycles. The molecule has 26 heavy (non-hydrogen) atoms. The zero-order chi connectivity index (χ0) is 18.3. The minimum absolute atomic E-state index is 0.00537. The molecule has 0 saturated carbocycles. The van der Waals surface area contributed by atoms with E-state index in [2.05, 4.69) is 26.1 Å². The van der Waals surface area contributed by atoms with Gasteiger partial charge in [0.2, 0.25) is 17.7 Å². The molecule has 0 aliphatic carbocycles. The Morgan fingerprint density at radius 2 is 2.23 bits per heavy atom. The summed E-state index contributed by atoms with van der Waals surface area (Å²) >= 11 is 3.43. The Morgan fingerprint density at radius 1 is 1.38 bits per heavy atom. The van der Waals surface area contributed by atoms with Gasteiger partial charge in [0.05, 0.1) is 5.92 Å². The molecule has 136 valence electrons. The fourth-order valence-corrected chi connectivity index (χ4v) is 4.12. The second-order valence-corrected chi connectivity index (χ2v) is 7.67. The largest absolute Gasteiger partial charge is 0.337 e. The maximum atomic E-state index is 13.1. The lowest BCUT2D eigenvalue weighted by molar-refractivity contribution is -0.137. The van der Waals surface area contributed by atoms with E-state index in [1.54, 1.807) is 16.7 Å². The van der Waals surface area contributed by atoms with Crippen LogP contribution in [0.5, 0.6) is 0 Å². The highest BCUT2D eigenvalue weighted by Crippen LogP contribution is 2.35. The molecule has 2 saturated heterocycles. The van der Waals surface area contributed by atoms with Crippen molar-refractivity contribution in [2.75, 3.05) is 18.0 Å². The van der Waals surface area contributed by atoms with Gasteiger partial charge in [-0.05, 0) is 38.0 Å². The number of aromatic nitrogens is 2. The topological polar surface area (TPSA) is 79.5 Å². The van der Waals surface area contributed by atoms with Crippen LogP contribution in [0.3, 0.4) is 0 Å². The third-order valence-electron chi connectivity index (χ3n) is 4.96. The Balaban J connectivity index is 1.51. The van der Waals surface area contributed by atoms with E-state index in [-0.39, 0.29) is 30.2 Å². The first-order chi connectivity index (χ1) is 12.5. The van der Waals surface area contributed by atoms with E-state index in [1.165, 1.54) is 0 Å². The van der Waals surface area contributed by atoms with Crippen LogP contribution in [0.25, 0.3) is 0 Å². The number of likely N-dealkylation sites (tertiary alicyclic amines) is 1. The summed E-state index contributed by atoms with van der Waals surface area (Å²) in [6, 6.07) is 7.39. The Morgan fingerprint density at radius 3 is 2.96 bits per heavy atom. The number of rotatable bonds is 3. The van der Waals surface area contributed by atoms with Crippen molar-refractivity contribution in [2.45, 2.75) is 32.2 Å². The van der Waals surface area contributed by atoms with E-state index in [1.807, 2.05) is 24.3 Å². The van der Waals surface area contributed by atoms with E-state index in [4.69, 9.17) is 4.52 Å². The first kappa shape index (κ1) is 17.2. The highest BCUT2D eigenvalue weighted by molar-refractivity contribution is 9.10.